The van der Waals surface area contributed by atoms with Crippen LogP contribution in [0.4, 0.5) is 4.39 Å². The zero-order valence-corrected chi connectivity index (χ0v) is 17.8. The van der Waals surface area contributed by atoms with Crippen molar-refractivity contribution in [3.05, 3.63) is 76.8 Å². The van der Waals surface area contributed by atoms with Crippen LogP contribution in [0.5, 0.6) is 11.5 Å². The molecule has 5 heterocycles. The fourth-order valence-corrected chi connectivity index (χ4v) is 4.90. The number of hydrogen-bond acceptors (Lipinski definition) is 5. The van der Waals surface area contributed by atoms with Crippen molar-refractivity contribution in [3.63, 3.8) is 0 Å². The summed E-state index contributed by atoms with van der Waals surface area (Å²) in [5, 5.41) is 9.61. The Morgan fingerprint density at radius 1 is 1.15 bits per heavy atom. The van der Waals surface area contributed by atoms with Gasteiger partial charge in [-0.15, -0.1) is 0 Å². The Hall–Kier alpha value is -3.94. The van der Waals surface area contributed by atoms with E-state index in [-0.39, 0.29) is 17.4 Å². The fourth-order valence-electron chi connectivity index (χ4n) is 4.90. The van der Waals surface area contributed by atoms with Gasteiger partial charge in [0, 0.05) is 34.8 Å². The Labute approximate surface area is 188 Å². The van der Waals surface area contributed by atoms with E-state index >= 15 is 0 Å². The minimum absolute atomic E-state index is 0.0627. The standard InChI is InChI=1S/C25H20FN3O4/c1-13-15(3-2-8-27-13)17-9-22-20(29-10-19(25(30)31)28-24(17)29)6-4-16-18(26)5-7-21-23(16)14(11-32-21)12-33-22/h2-3,5,7-10,14H,4,6,11-12H2,1H3,(H,30,31)/t14-/m1/s1. The van der Waals surface area contributed by atoms with Gasteiger partial charge in [-0.1, -0.05) is 6.07 Å². The number of fused-ring (bicyclic) bond motifs is 3. The van der Waals surface area contributed by atoms with E-state index in [0.29, 0.717) is 48.8 Å². The van der Waals surface area contributed by atoms with Crippen LogP contribution < -0.4 is 9.47 Å². The van der Waals surface area contributed by atoms with Gasteiger partial charge in [0.1, 0.15) is 23.0 Å². The summed E-state index contributed by atoms with van der Waals surface area (Å²) < 4.78 is 28.7. The molecule has 8 heteroatoms. The lowest BCUT2D eigenvalue weighted by atomic mass is 9.93. The van der Waals surface area contributed by atoms with Crippen LogP contribution in [0.25, 0.3) is 16.8 Å². The molecule has 0 spiro atoms. The number of pyridine rings is 2. The van der Waals surface area contributed by atoms with Gasteiger partial charge in [0.15, 0.2) is 5.69 Å². The van der Waals surface area contributed by atoms with Gasteiger partial charge in [-0.05, 0) is 49.6 Å². The summed E-state index contributed by atoms with van der Waals surface area (Å²) in [5.74, 6) is -0.120. The fraction of sp³-hybridized carbons (Fsp3) is 0.240. The van der Waals surface area contributed by atoms with Gasteiger partial charge in [-0.25, -0.2) is 14.2 Å². The first-order valence-corrected chi connectivity index (χ1v) is 10.8. The maximum atomic E-state index is 14.8. The molecular formula is C25H20FN3O4. The molecule has 0 saturated carbocycles. The molecule has 2 aliphatic rings. The van der Waals surface area contributed by atoms with Crippen molar-refractivity contribution in [2.75, 3.05) is 13.2 Å². The third-order valence-corrected chi connectivity index (χ3v) is 6.47. The van der Waals surface area contributed by atoms with Crippen LogP contribution >= 0.6 is 0 Å². The maximum absolute atomic E-state index is 14.8. The van der Waals surface area contributed by atoms with Gasteiger partial charge in [0.2, 0.25) is 0 Å². The smallest absolute Gasteiger partial charge is 0.356 e. The Morgan fingerprint density at radius 2 is 1.97 bits per heavy atom. The third kappa shape index (κ3) is 3.05. The number of nitrogens with zero attached hydrogens (tertiary/aromatic N) is 3. The van der Waals surface area contributed by atoms with E-state index < -0.39 is 5.97 Å². The first-order chi connectivity index (χ1) is 16.0. The minimum Gasteiger partial charge on any atom is -0.493 e. The number of rotatable bonds is 2. The number of benzene rings is 1. The summed E-state index contributed by atoms with van der Waals surface area (Å²) in [6.07, 6.45) is 4.11. The van der Waals surface area contributed by atoms with Crippen molar-refractivity contribution in [2.45, 2.75) is 25.7 Å². The molecule has 7 nitrogen and oxygen atoms in total. The van der Waals surface area contributed by atoms with Crippen LogP contribution in [0.1, 0.15) is 38.9 Å². The van der Waals surface area contributed by atoms with E-state index in [1.54, 1.807) is 16.7 Å². The second-order valence-corrected chi connectivity index (χ2v) is 8.39. The molecule has 0 unspecified atom stereocenters. The molecule has 0 radical (unpaired) electrons. The normalized spacial score (nSPS) is 16.7. The molecule has 1 N–H and O–H groups in total. The first kappa shape index (κ1) is 19.7. The highest BCUT2D eigenvalue weighted by atomic mass is 19.1. The summed E-state index contributed by atoms with van der Waals surface area (Å²) in [4.78, 5) is 20.5. The SMILES string of the molecule is Cc1ncccc1-c1cc2c(n3cc(C(=O)O)nc13)CCc1c(F)ccc3c1[C@H](CO3)CO2. The molecule has 166 valence electrons. The van der Waals surface area contributed by atoms with Gasteiger partial charge in [0.25, 0.3) is 0 Å². The van der Waals surface area contributed by atoms with E-state index in [0.717, 1.165) is 28.1 Å². The number of ether oxygens (including phenoxy) is 2. The average Bonchev–Trinajstić information content (AvgIpc) is 3.43. The summed E-state index contributed by atoms with van der Waals surface area (Å²) in [6, 6.07) is 8.78. The first-order valence-electron chi connectivity index (χ1n) is 10.8. The number of carboxylic acids is 1. The number of aryl methyl sites for hydroxylation is 2. The molecule has 0 aliphatic carbocycles. The second-order valence-electron chi connectivity index (χ2n) is 8.39. The van der Waals surface area contributed by atoms with E-state index in [1.807, 2.05) is 25.1 Å². The average molecular weight is 445 g/mol. The Morgan fingerprint density at radius 3 is 2.76 bits per heavy atom. The van der Waals surface area contributed by atoms with Gasteiger partial charge in [0.05, 0.1) is 24.8 Å². The van der Waals surface area contributed by atoms with Gasteiger partial charge in [-0.2, -0.15) is 0 Å². The predicted octanol–water partition coefficient (Wildman–Crippen LogP) is 4.20. The van der Waals surface area contributed by atoms with Gasteiger partial charge in [-0.3, -0.25) is 9.38 Å². The summed E-state index contributed by atoms with van der Waals surface area (Å²) in [7, 11) is 0. The van der Waals surface area contributed by atoms with Crippen LogP contribution in [0.3, 0.4) is 0 Å². The number of hydrogen-bond donors (Lipinski definition) is 1. The molecule has 4 aromatic rings. The van der Waals surface area contributed by atoms with Crippen molar-refractivity contribution < 1.29 is 23.8 Å². The van der Waals surface area contributed by atoms with Crippen molar-refractivity contribution in [1.82, 2.24) is 14.4 Å². The summed E-state index contributed by atoms with van der Waals surface area (Å²) in [5.41, 5.74) is 5.08. The molecule has 3 aromatic heterocycles. The zero-order chi connectivity index (χ0) is 22.7. The van der Waals surface area contributed by atoms with Crippen molar-refractivity contribution in [2.24, 2.45) is 0 Å². The molecular weight excluding hydrogens is 425 g/mol. The number of carbonyl (C=O) groups is 1. The van der Waals surface area contributed by atoms with Crippen LogP contribution in [0.2, 0.25) is 0 Å². The number of imidazole rings is 1. The monoisotopic (exact) mass is 445 g/mol. The van der Waals surface area contributed by atoms with Crippen LogP contribution in [-0.4, -0.2) is 38.7 Å². The summed E-state index contributed by atoms with van der Waals surface area (Å²) >= 11 is 0. The van der Waals surface area contributed by atoms with Crippen LogP contribution in [0.15, 0.2) is 42.7 Å². The third-order valence-electron chi connectivity index (χ3n) is 6.47. The maximum Gasteiger partial charge on any atom is 0.356 e. The quantitative estimate of drug-likeness (QED) is 0.498. The Bertz CT molecular complexity index is 1450. The second kappa shape index (κ2) is 7.30. The number of carboxylic acid groups (broad SMARTS) is 1. The number of halogens is 1. The highest BCUT2D eigenvalue weighted by Gasteiger charge is 2.32. The van der Waals surface area contributed by atoms with E-state index in [2.05, 4.69) is 9.97 Å². The molecule has 1 aromatic carbocycles. The topological polar surface area (TPSA) is 86.0 Å². The van der Waals surface area contributed by atoms with Crippen molar-refractivity contribution in [3.8, 4) is 22.6 Å². The van der Waals surface area contributed by atoms with Crippen molar-refractivity contribution >= 4 is 11.6 Å². The Balaban J connectivity index is 1.58. The summed E-state index contributed by atoms with van der Waals surface area (Å²) in [6.45, 7) is 2.66. The lowest BCUT2D eigenvalue weighted by Crippen LogP contribution is -2.13. The zero-order valence-electron chi connectivity index (χ0n) is 17.8. The molecule has 0 fully saturated rings. The number of aromatic carboxylic acids is 1. The molecule has 6 rings (SSSR count). The highest BCUT2D eigenvalue weighted by Crippen LogP contribution is 2.41. The van der Waals surface area contributed by atoms with Gasteiger partial charge >= 0.3 is 5.97 Å². The van der Waals surface area contributed by atoms with Gasteiger partial charge < -0.3 is 14.6 Å². The molecule has 0 amide bonds. The highest BCUT2D eigenvalue weighted by molar-refractivity contribution is 5.89. The number of aromatic nitrogens is 3. The van der Waals surface area contributed by atoms with Crippen LogP contribution in [0, 0.1) is 12.7 Å². The molecule has 0 bridgehead atoms. The van der Waals surface area contributed by atoms with E-state index in [9.17, 15) is 14.3 Å². The lowest BCUT2D eigenvalue weighted by molar-refractivity contribution is 0.0691. The largest absolute Gasteiger partial charge is 0.493 e. The van der Waals surface area contributed by atoms with E-state index in [1.165, 1.54) is 12.3 Å². The molecule has 0 saturated heterocycles. The molecule has 33 heavy (non-hydrogen) atoms. The van der Waals surface area contributed by atoms with Crippen LogP contribution in [-0.2, 0) is 12.8 Å². The lowest BCUT2D eigenvalue weighted by Gasteiger charge is -2.17. The van der Waals surface area contributed by atoms with E-state index in [4.69, 9.17) is 9.47 Å². The molecule has 2 aliphatic heterocycles. The Kier molecular flexibility index (Phi) is 4.36. The predicted molar refractivity (Wildman–Crippen MR) is 118 cm³/mol. The minimum atomic E-state index is -1.11. The van der Waals surface area contributed by atoms with Crippen molar-refractivity contribution in [1.29, 1.82) is 0 Å². The molecule has 1 atom stereocenters.